The molecule has 0 aromatic heterocycles. The Morgan fingerprint density at radius 1 is 1.00 bits per heavy atom. The van der Waals surface area contributed by atoms with Crippen LogP contribution in [0.15, 0.2) is 42.5 Å². The number of Topliss-reactive ketones (excluding diaryl/α,β-unsaturated/α-hetero) is 1. The quantitative estimate of drug-likeness (QED) is 0.815. The number of halogens is 2. The fourth-order valence-corrected chi connectivity index (χ4v) is 1.85. The van der Waals surface area contributed by atoms with E-state index < -0.39 is 23.2 Å². The van der Waals surface area contributed by atoms with Crippen LogP contribution in [0.3, 0.4) is 0 Å². The highest BCUT2D eigenvalue weighted by Crippen LogP contribution is 2.18. The fourth-order valence-electron chi connectivity index (χ4n) is 1.85. The molecule has 0 fully saturated rings. The first-order valence-electron chi connectivity index (χ1n) is 7.13. The van der Waals surface area contributed by atoms with Gasteiger partial charge in [0.2, 0.25) is 5.91 Å². The number of hydrogen-bond acceptors (Lipinski definition) is 4. The minimum absolute atomic E-state index is 0.0747. The lowest BCUT2D eigenvalue weighted by Gasteiger charge is -2.08. The number of benzene rings is 2. The minimum Gasteiger partial charge on any atom is -0.508 e. The fraction of sp³-hybridized carbons (Fsp3) is 0.176. The zero-order valence-electron chi connectivity index (χ0n) is 12.6. The largest absolute Gasteiger partial charge is 0.508 e. The predicted molar refractivity (Wildman–Crippen MR) is 82.8 cm³/mol. The zero-order valence-corrected chi connectivity index (χ0v) is 12.6. The summed E-state index contributed by atoms with van der Waals surface area (Å²) in [5.41, 5.74) is -0.532. The number of phenols is 1. The van der Waals surface area contributed by atoms with E-state index in [1.807, 2.05) is 0 Å². The van der Waals surface area contributed by atoms with E-state index in [0.717, 1.165) is 12.1 Å². The molecule has 0 heterocycles. The molecule has 0 saturated heterocycles. The molecule has 1 amide bonds. The molecular formula is C17H15F2NO4. The van der Waals surface area contributed by atoms with Crippen molar-refractivity contribution in [3.05, 3.63) is 54.1 Å². The molecule has 2 aromatic rings. The molecule has 0 unspecified atom stereocenters. The summed E-state index contributed by atoms with van der Waals surface area (Å²) in [7, 11) is 0. The zero-order chi connectivity index (χ0) is 17.5. The van der Waals surface area contributed by atoms with Crippen LogP contribution in [-0.2, 0) is 9.59 Å². The molecular weight excluding hydrogens is 320 g/mol. The van der Waals surface area contributed by atoms with Crippen molar-refractivity contribution < 1.29 is 28.2 Å². The summed E-state index contributed by atoms with van der Waals surface area (Å²) in [5, 5.41) is 11.2. The van der Waals surface area contributed by atoms with E-state index in [-0.39, 0.29) is 31.0 Å². The summed E-state index contributed by atoms with van der Waals surface area (Å²) in [4.78, 5) is 23.3. The maximum atomic E-state index is 13.4. The molecule has 0 radical (unpaired) electrons. The predicted octanol–water partition coefficient (Wildman–Crippen LogP) is 3.04. The number of phenolic OH excluding ortho intramolecular Hbond substituents is 1. The monoisotopic (exact) mass is 335 g/mol. The van der Waals surface area contributed by atoms with Crippen LogP contribution in [-0.4, -0.2) is 23.4 Å². The van der Waals surface area contributed by atoms with Crippen molar-refractivity contribution in [3.63, 3.8) is 0 Å². The van der Waals surface area contributed by atoms with Crippen molar-refractivity contribution in [1.29, 1.82) is 0 Å². The standard InChI is InChI=1S/C17H15F2NO4/c18-14-2-1-3-15(19)17(14)20-16(23)9-6-12(22)10-24-13-7-4-11(21)5-8-13/h1-5,7-8,21H,6,9-10H2,(H,20,23). The molecule has 126 valence electrons. The van der Waals surface area contributed by atoms with Gasteiger partial charge in [0.25, 0.3) is 0 Å². The van der Waals surface area contributed by atoms with Crippen LogP contribution in [0, 0.1) is 11.6 Å². The lowest BCUT2D eigenvalue weighted by atomic mass is 10.2. The number of ketones is 1. The molecule has 0 saturated carbocycles. The number of carbonyl (C=O) groups is 2. The molecule has 0 aliphatic rings. The van der Waals surface area contributed by atoms with Gasteiger partial charge in [0.15, 0.2) is 5.78 Å². The topological polar surface area (TPSA) is 75.6 Å². The molecule has 2 N–H and O–H groups in total. The van der Waals surface area contributed by atoms with Gasteiger partial charge in [-0.3, -0.25) is 9.59 Å². The van der Waals surface area contributed by atoms with E-state index in [0.29, 0.717) is 5.75 Å². The Morgan fingerprint density at radius 3 is 2.25 bits per heavy atom. The van der Waals surface area contributed by atoms with Crippen LogP contribution in [0.1, 0.15) is 12.8 Å². The van der Waals surface area contributed by atoms with E-state index in [4.69, 9.17) is 9.84 Å². The summed E-state index contributed by atoms with van der Waals surface area (Å²) < 4.78 is 32.0. The van der Waals surface area contributed by atoms with Gasteiger partial charge in [-0.15, -0.1) is 0 Å². The van der Waals surface area contributed by atoms with Crippen LogP contribution in [0.5, 0.6) is 11.5 Å². The first kappa shape index (κ1) is 17.4. The smallest absolute Gasteiger partial charge is 0.224 e. The van der Waals surface area contributed by atoms with E-state index in [2.05, 4.69) is 5.32 Å². The number of aromatic hydroxyl groups is 1. The highest BCUT2D eigenvalue weighted by molar-refractivity contribution is 5.94. The normalized spacial score (nSPS) is 10.2. The molecule has 24 heavy (non-hydrogen) atoms. The summed E-state index contributed by atoms with van der Waals surface area (Å²) in [6.45, 7) is -0.244. The van der Waals surface area contributed by atoms with Crippen LogP contribution >= 0.6 is 0 Å². The van der Waals surface area contributed by atoms with Gasteiger partial charge in [0.05, 0.1) is 0 Å². The second-order valence-corrected chi connectivity index (χ2v) is 4.97. The summed E-state index contributed by atoms with van der Waals surface area (Å²) in [6.07, 6.45) is -0.342. The van der Waals surface area contributed by atoms with Crippen LogP contribution in [0.2, 0.25) is 0 Å². The molecule has 5 nitrogen and oxygen atoms in total. The molecule has 0 atom stereocenters. The molecule has 2 rings (SSSR count). The van der Waals surface area contributed by atoms with Gasteiger partial charge in [-0.1, -0.05) is 6.07 Å². The van der Waals surface area contributed by atoms with Gasteiger partial charge in [-0.2, -0.15) is 0 Å². The van der Waals surface area contributed by atoms with E-state index in [1.165, 1.54) is 30.3 Å². The Labute approximate surface area is 136 Å². The highest BCUT2D eigenvalue weighted by atomic mass is 19.1. The molecule has 7 heteroatoms. The Balaban J connectivity index is 1.77. The van der Waals surface area contributed by atoms with Gasteiger partial charge in [0.1, 0.15) is 35.4 Å². The number of anilines is 1. The molecule has 0 aliphatic carbocycles. The molecule has 0 bridgehead atoms. The summed E-state index contributed by atoms with van der Waals surface area (Å²) >= 11 is 0. The summed E-state index contributed by atoms with van der Waals surface area (Å²) in [5.74, 6) is -2.30. The highest BCUT2D eigenvalue weighted by Gasteiger charge is 2.13. The number of carbonyl (C=O) groups excluding carboxylic acids is 2. The number of ether oxygens (including phenoxy) is 1. The van der Waals surface area contributed by atoms with Crippen molar-refractivity contribution >= 4 is 17.4 Å². The van der Waals surface area contributed by atoms with Crippen LogP contribution in [0.25, 0.3) is 0 Å². The first-order chi connectivity index (χ1) is 11.5. The van der Waals surface area contributed by atoms with Gasteiger partial charge < -0.3 is 15.2 Å². The van der Waals surface area contributed by atoms with E-state index in [9.17, 15) is 18.4 Å². The summed E-state index contributed by atoms with van der Waals surface area (Å²) in [6, 6.07) is 9.05. The van der Waals surface area contributed by atoms with Crippen molar-refractivity contribution in [2.45, 2.75) is 12.8 Å². The Kier molecular flexibility index (Phi) is 5.83. The third kappa shape index (κ3) is 5.05. The minimum atomic E-state index is -0.884. The van der Waals surface area contributed by atoms with E-state index in [1.54, 1.807) is 0 Å². The molecule has 0 aliphatic heterocycles. The van der Waals surface area contributed by atoms with E-state index >= 15 is 0 Å². The number of hydrogen-bond donors (Lipinski definition) is 2. The second kappa shape index (κ2) is 8.05. The van der Waals surface area contributed by atoms with Crippen molar-refractivity contribution in [1.82, 2.24) is 0 Å². The lowest BCUT2D eigenvalue weighted by molar-refractivity contribution is -0.124. The number of para-hydroxylation sites is 1. The Bertz CT molecular complexity index is 712. The maximum Gasteiger partial charge on any atom is 0.224 e. The van der Waals surface area contributed by atoms with Crippen molar-refractivity contribution in [2.24, 2.45) is 0 Å². The Morgan fingerprint density at radius 2 is 1.62 bits per heavy atom. The number of rotatable bonds is 7. The third-order valence-electron chi connectivity index (χ3n) is 3.09. The average Bonchev–Trinajstić information content (AvgIpc) is 2.56. The Hall–Kier alpha value is -2.96. The number of nitrogens with one attached hydrogen (secondary N) is 1. The first-order valence-corrected chi connectivity index (χ1v) is 7.13. The third-order valence-corrected chi connectivity index (χ3v) is 3.09. The van der Waals surface area contributed by atoms with Crippen molar-refractivity contribution in [3.8, 4) is 11.5 Å². The SMILES string of the molecule is O=C(CCC(=O)Nc1c(F)cccc1F)COc1ccc(O)cc1. The van der Waals surface area contributed by atoms with Crippen molar-refractivity contribution in [2.75, 3.05) is 11.9 Å². The molecule has 0 spiro atoms. The van der Waals surface area contributed by atoms with Gasteiger partial charge in [-0.05, 0) is 36.4 Å². The average molecular weight is 335 g/mol. The van der Waals surface area contributed by atoms with Crippen LogP contribution in [0.4, 0.5) is 14.5 Å². The van der Waals surface area contributed by atoms with Gasteiger partial charge in [-0.25, -0.2) is 8.78 Å². The number of amides is 1. The van der Waals surface area contributed by atoms with Crippen LogP contribution < -0.4 is 10.1 Å². The lowest BCUT2D eigenvalue weighted by Crippen LogP contribution is -2.18. The molecule has 2 aromatic carbocycles. The van der Waals surface area contributed by atoms with Gasteiger partial charge >= 0.3 is 0 Å². The maximum absolute atomic E-state index is 13.4. The van der Waals surface area contributed by atoms with Gasteiger partial charge in [0, 0.05) is 12.8 Å². The second-order valence-electron chi connectivity index (χ2n) is 4.97.